The molecule has 40 heavy (non-hydrogen) atoms. The molecule has 3 N–H and O–H groups in total. The minimum Gasteiger partial charge on any atom is -0.369 e. The number of nitrogen functional groups attached to an aromatic ring is 1. The third-order valence-corrected chi connectivity index (χ3v) is 6.52. The monoisotopic (exact) mass is 548 g/mol. The molecule has 5 heterocycles. The average molecular weight is 549 g/mol. The molecule has 13 heteroatoms. The largest absolute Gasteiger partial charge is 0.416 e. The van der Waals surface area contributed by atoms with E-state index >= 15 is 0 Å². The van der Waals surface area contributed by atoms with E-state index in [2.05, 4.69) is 32.1 Å². The van der Waals surface area contributed by atoms with Gasteiger partial charge in [0.05, 0.1) is 22.3 Å². The van der Waals surface area contributed by atoms with Crippen LogP contribution in [0.3, 0.4) is 0 Å². The zero-order valence-corrected chi connectivity index (χ0v) is 21.2. The topological polar surface area (TPSA) is 131 Å². The maximum absolute atomic E-state index is 13.0. The van der Waals surface area contributed by atoms with Crippen LogP contribution in [0.5, 0.6) is 0 Å². The number of fused-ring (bicyclic) bond motifs is 1. The highest BCUT2D eigenvalue weighted by Gasteiger charge is 2.31. The lowest BCUT2D eigenvalue weighted by atomic mass is 9.94. The maximum Gasteiger partial charge on any atom is 0.416 e. The molecule has 0 aromatic carbocycles. The van der Waals surface area contributed by atoms with Crippen LogP contribution in [0.15, 0.2) is 48.9 Å². The molecule has 0 spiro atoms. The van der Waals surface area contributed by atoms with E-state index in [1.807, 2.05) is 0 Å². The fraction of sp³-hybridized carbons (Fsp3) is 0.259. The number of pyridine rings is 2. The molecule has 5 rings (SSSR count). The van der Waals surface area contributed by atoms with E-state index in [0.717, 1.165) is 42.4 Å². The van der Waals surface area contributed by atoms with Gasteiger partial charge in [0, 0.05) is 37.6 Å². The second-order valence-corrected chi connectivity index (χ2v) is 9.12. The van der Waals surface area contributed by atoms with Crippen molar-refractivity contribution in [3.8, 4) is 23.4 Å². The lowest BCUT2D eigenvalue weighted by molar-refractivity contribution is -0.137. The number of hydrogen-bond acceptors (Lipinski definition) is 7. The smallest absolute Gasteiger partial charge is 0.369 e. The van der Waals surface area contributed by atoms with Crippen LogP contribution >= 0.6 is 0 Å². The van der Waals surface area contributed by atoms with Crippen LogP contribution < -0.4 is 11.1 Å². The Bertz CT molecular complexity index is 1650. The van der Waals surface area contributed by atoms with E-state index in [-0.39, 0.29) is 29.2 Å². The molecule has 1 atom stereocenters. The average Bonchev–Trinajstić information content (AvgIpc) is 3.34. The molecule has 0 saturated carbocycles. The fourth-order valence-corrected chi connectivity index (χ4v) is 4.65. The molecule has 1 aliphatic rings. The van der Waals surface area contributed by atoms with Crippen molar-refractivity contribution < 1.29 is 22.8 Å². The number of anilines is 2. The summed E-state index contributed by atoms with van der Waals surface area (Å²) in [5.41, 5.74) is 7.25. The molecule has 0 radical (unpaired) electrons. The highest BCUT2D eigenvalue weighted by molar-refractivity contribution is 6.03. The lowest BCUT2D eigenvalue weighted by Gasteiger charge is -2.30. The van der Waals surface area contributed by atoms with Gasteiger partial charge in [0.1, 0.15) is 11.5 Å². The summed E-state index contributed by atoms with van der Waals surface area (Å²) in [5, 5.41) is 2.36. The predicted molar refractivity (Wildman–Crippen MR) is 140 cm³/mol. The van der Waals surface area contributed by atoms with E-state index in [1.54, 1.807) is 34.6 Å². The van der Waals surface area contributed by atoms with Crippen LogP contribution in [0.2, 0.25) is 0 Å². The summed E-state index contributed by atoms with van der Waals surface area (Å²) in [4.78, 5) is 43.9. The van der Waals surface area contributed by atoms with Gasteiger partial charge in [0.15, 0.2) is 5.82 Å². The third-order valence-electron chi connectivity index (χ3n) is 6.52. The van der Waals surface area contributed by atoms with Crippen molar-refractivity contribution in [1.29, 1.82) is 0 Å². The molecule has 1 unspecified atom stereocenters. The van der Waals surface area contributed by atoms with Crippen molar-refractivity contribution in [2.75, 3.05) is 24.1 Å². The van der Waals surface area contributed by atoms with Crippen LogP contribution in [0.25, 0.3) is 17.0 Å². The summed E-state index contributed by atoms with van der Waals surface area (Å²) in [5.74, 6) is 4.61. The van der Waals surface area contributed by atoms with E-state index in [1.165, 1.54) is 12.3 Å². The first-order valence-electron chi connectivity index (χ1n) is 12.3. The number of carbonyl (C=O) groups is 2. The molecule has 1 aliphatic heterocycles. The number of aromatic nitrogens is 5. The standard InChI is InChI=1S/C27H23F3N8O2/c1-2-4-22(39)37-12-3-5-17(15-37)23-20-9-11-33-26(31)38(20)24(36-23)19-7-6-16(14-34-19)25(40)35-21-13-18(8-10-32-21)27(28,29)30/h6-11,13-14,17H,3,5,12,15H2,1H3,(H2,31,33)(H,32,35,40). The minimum atomic E-state index is -4.57. The Hall–Kier alpha value is -4.99. The summed E-state index contributed by atoms with van der Waals surface area (Å²) in [6.45, 7) is 2.69. The van der Waals surface area contributed by atoms with Gasteiger partial charge in [0.2, 0.25) is 5.95 Å². The van der Waals surface area contributed by atoms with Crippen molar-refractivity contribution in [3.63, 3.8) is 0 Å². The maximum atomic E-state index is 13.0. The Labute approximate surface area is 226 Å². The lowest BCUT2D eigenvalue weighted by Crippen LogP contribution is -2.38. The minimum absolute atomic E-state index is 0.0630. The molecule has 204 valence electrons. The van der Waals surface area contributed by atoms with Gasteiger partial charge in [-0.05, 0) is 56.0 Å². The number of piperidine rings is 1. The molecular weight excluding hydrogens is 525 g/mol. The van der Waals surface area contributed by atoms with Crippen LogP contribution in [-0.2, 0) is 11.0 Å². The van der Waals surface area contributed by atoms with Crippen molar-refractivity contribution >= 4 is 29.1 Å². The van der Waals surface area contributed by atoms with Gasteiger partial charge >= 0.3 is 6.18 Å². The van der Waals surface area contributed by atoms with E-state index in [0.29, 0.717) is 24.6 Å². The molecule has 2 amide bonds. The van der Waals surface area contributed by atoms with Gasteiger partial charge in [-0.3, -0.25) is 19.0 Å². The second kappa shape index (κ2) is 10.6. The number of nitrogens with zero attached hydrogens (tertiary/aromatic N) is 6. The quantitative estimate of drug-likeness (QED) is 0.371. The Balaban J connectivity index is 1.43. The highest BCUT2D eigenvalue weighted by Crippen LogP contribution is 2.33. The number of imidazole rings is 1. The number of nitrogens with two attached hydrogens (primary N) is 1. The molecule has 1 fully saturated rings. The summed E-state index contributed by atoms with van der Waals surface area (Å²) in [6.07, 6.45) is 0.876. The summed E-state index contributed by atoms with van der Waals surface area (Å²) >= 11 is 0. The zero-order valence-electron chi connectivity index (χ0n) is 21.2. The molecular formula is C27H23F3N8O2. The second-order valence-electron chi connectivity index (χ2n) is 9.12. The summed E-state index contributed by atoms with van der Waals surface area (Å²) in [6, 6.07) is 6.40. The molecule has 4 aromatic rings. The summed E-state index contributed by atoms with van der Waals surface area (Å²) < 4.78 is 40.6. The number of amides is 2. The highest BCUT2D eigenvalue weighted by atomic mass is 19.4. The van der Waals surface area contributed by atoms with Gasteiger partial charge in [-0.15, -0.1) is 0 Å². The number of rotatable bonds is 4. The Kier molecular flexibility index (Phi) is 7.08. The molecule has 0 bridgehead atoms. The van der Waals surface area contributed by atoms with Crippen LogP contribution in [-0.4, -0.2) is 54.1 Å². The van der Waals surface area contributed by atoms with Crippen molar-refractivity contribution in [1.82, 2.24) is 29.2 Å². The first kappa shape index (κ1) is 26.6. The van der Waals surface area contributed by atoms with Crippen LogP contribution in [0.4, 0.5) is 24.9 Å². The van der Waals surface area contributed by atoms with E-state index in [9.17, 15) is 22.8 Å². The first-order chi connectivity index (χ1) is 19.2. The number of carbonyl (C=O) groups excluding carboxylic acids is 2. The SMILES string of the molecule is CC#CC(=O)N1CCCC(c2nc(-c3ccc(C(=O)Nc4cc(C(F)(F)F)ccn4)cn3)n3c(N)nccc23)C1. The number of hydrogen-bond donors (Lipinski definition) is 2. The molecule has 10 nitrogen and oxygen atoms in total. The van der Waals surface area contributed by atoms with Crippen molar-refractivity contribution in [3.05, 3.63) is 65.7 Å². The van der Waals surface area contributed by atoms with Gasteiger partial charge in [-0.2, -0.15) is 13.2 Å². The van der Waals surface area contributed by atoms with Crippen LogP contribution in [0.1, 0.15) is 47.3 Å². The van der Waals surface area contributed by atoms with Crippen molar-refractivity contribution in [2.45, 2.75) is 31.9 Å². The van der Waals surface area contributed by atoms with Gasteiger partial charge in [0.25, 0.3) is 11.8 Å². The Morgan fingerprint density at radius 2 is 1.93 bits per heavy atom. The number of nitrogens with one attached hydrogen (secondary N) is 1. The van der Waals surface area contributed by atoms with Crippen molar-refractivity contribution in [2.24, 2.45) is 0 Å². The number of halogens is 3. The van der Waals surface area contributed by atoms with E-state index in [4.69, 9.17) is 10.7 Å². The van der Waals surface area contributed by atoms with Gasteiger partial charge < -0.3 is 16.0 Å². The number of likely N-dealkylation sites (tertiary alicyclic amines) is 1. The number of alkyl halides is 3. The van der Waals surface area contributed by atoms with Gasteiger partial charge in [-0.1, -0.05) is 5.92 Å². The van der Waals surface area contributed by atoms with Crippen LogP contribution in [0, 0.1) is 11.8 Å². The van der Waals surface area contributed by atoms with E-state index < -0.39 is 17.6 Å². The molecule has 0 aliphatic carbocycles. The van der Waals surface area contributed by atoms with Gasteiger partial charge in [-0.25, -0.2) is 15.0 Å². The summed E-state index contributed by atoms with van der Waals surface area (Å²) in [7, 11) is 0. The Morgan fingerprint density at radius 3 is 2.65 bits per heavy atom. The predicted octanol–water partition coefficient (Wildman–Crippen LogP) is 3.77. The third kappa shape index (κ3) is 5.28. The normalized spacial score (nSPS) is 15.4. The zero-order chi connectivity index (χ0) is 28.4. The molecule has 4 aromatic heterocycles. The fourth-order valence-electron chi connectivity index (χ4n) is 4.65. The Morgan fingerprint density at radius 1 is 1.12 bits per heavy atom. The first-order valence-corrected chi connectivity index (χ1v) is 12.3. The molecule has 1 saturated heterocycles.